The minimum Gasteiger partial charge on any atom is -0.497 e. The lowest BCUT2D eigenvalue weighted by Crippen LogP contribution is -2.51. The zero-order valence-electron chi connectivity index (χ0n) is 18.6. The summed E-state index contributed by atoms with van der Waals surface area (Å²) >= 11 is 6.34. The molecule has 172 valence electrons. The molecule has 1 atom stereocenters. The summed E-state index contributed by atoms with van der Waals surface area (Å²) in [4.78, 5) is 29.0. The molecule has 0 radical (unpaired) electrons. The Bertz CT molecular complexity index is 898. The molecule has 2 aromatic rings. The van der Waals surface area contributed by atoms with Crippen LogP contribution in [0.3, 0.4) is 0 Å². The van der Waals surface area contributed by atoms with E-state index in [4.69, 9.17) is 21.1 Å². The second kappa shape index (κ2) is 11.9. The van der Waals surface area contributed by atoms with Crippen molar-refractivity contribution in [2.45, 2.75) is 12.5 Å². The highest BCUT2D eigenvalue weighted by Crippen LogP contribution is 2.29. The van der Waals surface area contributed by atoms with Crippen LogP contribution < -0.4 is 10.1 Å². The summed E-state index contributed by atoms with van der Waals surface area (Å²) in [7, 11) is 3.03. The molecule has 32 heavy (non-hydrogen) atoms. The normalized spacial score (nSPS) is 15.7. The molecule has 1 unspecified atom stereocenters. The first kappa shape index (κ1) is 24.0. The fraction of sp³-hybridized carbons (Fsp3) is 0.417. The van der Waals surface area contributed by atoms with Crippen LogP contribution >= 0.6 is 11.6 Å². The average molecular weight is 460 g/mol. The van der Waals surface area contributed by atoms with Gasteiger partial charge in [-0.05, 0) is 35.7 Å². The molecule has 1 amide bonds. The molecule has 0 saturated carbocycles. The number of nitrogens with one attached hydrogen (secondary N) is 1. The minimum atomic E-state index is -0.547. The first-order valence-electron chi connectivity index (χ1n) is 10.7. The van der Waals surface area contributed by atoms with Gasteiger partial charge in [0.1, 0.15) is 11.8 Å². The van der Waals surface area contributed by atoms with Gasteiger partial charge >= 0.3 is 5.97 Å². The third-order valence-electron chi connectivity index (χ3n) is 5.66. The maximum Gasteiger partial charge on any atom is 0.327 e. The highest BCUT2D eigenvalue weighted by molar-refractivity contribution is 6.31. The number of carbonyl (C=O) groups is 2. The van der Waals surface area contributed by atoms with Crippen LogP contribution in [0, 0.1) is 0 Å². The number of carbonyl (C=O) groups excluding carboxylic acids is 2. The molecule has 1 N–H and O–H groups in total. The van der Waals surface area contributed by atoms with Crippen molar-refractivity contribution in [3.63, 3.8) is 0 Å². The molecule has 1 aliphatic heterocycles. The molecule has 0 bridgehead atoms. The van der Waals surface area contributed by atoms with Gasteiger partial charge in [0.2, 0.25) is 5.91 Å². The van der Waals surface area contributed by atoms with E-state index in [-0.39, 0.29) is 11.9 Å². The van der Waals surface area contributed by atoms with Gasteiger partial charge in [-0.1, -0.05) is 41.9 Å². The Morgan fingerprint density at radius 1 is 1.03 bits per heavy atom. The van der Waals surface area contributed by atoms with Crippen molar-refractivity contribution in [3.05, 3.63) is 64.7 Å². The highest BCUT2D eigenvalue weighted by Gasteiger charge is 2.32. The average Bonchev–Trinajstić information content (AvgIpc) is 2.82. The molecule has 2 aromatic carbocycles. The third kappa shape index (κ3) is 6.45. The van der Waals surface area contributed by atoms with Crippen LogP contribution in [-0.4, -0.2) is 75.2 Å². The number of esters is 1. The standard InChI is InChI=1S/C24H30ClN3O4/c1-31-19-9-7-18(8-10-19)11-12-26-22(29)17-27-13-15-28(16-14-27)23(24(30)32-2)20-5-3-4-6-21(20)25/h3-10,23H,11-17H2,1-2H3,(H,26,29). The topological polar surface area (TPSA) is 71.1 Å². The summed E-state index contributed by atoms with van der Waals surface area (Å²) in [5, 5.41) is 3.53. The fourth-order valence-electron chi connectivity index (χ4n) is 3.86. The Balaban J connectivity index is 1.46. The number of hydrogen-bond acceptors (Lipinski definition) is 6. The maximum atomic E-state index is 12.5. The fourth-order valence-corrected chi connectivity index (χ4v) is 4.10. The van der Waals surface area contributed by atoms with Gasteiger partial charge in [0, 0.05) is 37.7 Å². The van der Waals surface area contributed by atoms with Gasteiger partial charge in [-0.25, -0.2) is 4.79 Å². The van der Waals surface area contributed by atoms with E-state index in [0.29, 0.717) is 44.3 Å². The molecule has 7 nitrogen and oxygen atoms in total. The van der Waals surface area contributed by atoms with Gasteiger partial charge in [-0.15, -0.1) is 0 Å². The zero-order valence-corrected chi connectivity index (χ0v) is 19.3. The zero-order chi connectivity index (χ0) is 22.9. The monoisotopic (exact) mass is 459 g/mol. The predicted octanol–water partition coefficient (Wildman–Crippen LogP) is 2.54. The Kier molecular flexibility index (Phi) is 8.90. The summed E-state index contributed by atoms with van der Waals surface area (Å²) < 4.78 is 10.2. The summed E-state index contributed by atoms with van der Waals surface area (Å²) in [6.45, 7) is 3.58. The van der Waals surface area contributed by atoms with E-state index in [0.717, 1.165) is 23.3 Å². The summed E-state index contributed by atoms with van der Waals surface area (Å²) in [5.74, 6) is 0.492. The molecule has 1 aliphatic rings. The van der Waals surface area contributed by atoms with Crippen LogP contribution in [0.4, 0.5) is 0 Å². The first-order chi connectivity index (χ1) is 15.5. The lowest BCUT2D eigenvalue weighted by Gasteiger charge is -2.38. The Morgan fingerprint density at radius 2 is 1.72 bits per heavy atom. The number of benzene rings is 2. The number of halogens is 1. The van der Waals surface area contributed by atoms with Gasteiger partial charge < -0.3 is 14.8 Å². The predicted molar refractivity (Wildman–Crippen MR) is 124 cm³/mol. The van der Waals surface area contributed by atoms with Crippen molar-refractivity contribution in [2.75, 3.05) is 53.5 Å². The summed E-state index contributed by atoms with van der Waals surface area (Å²) in [5.41, 5.74) is 1.89. The van der Waals surface area contributed by atoms with Crippen LogP contribution in [0.15, 0.2) is 48.5 Å². The second-order valence-corrected chi connectivity index (χ2v) is 8.11. The smallest absolute Gasteiger partial charge is 0.327 e. The van der Waals surface area contributed by atoms with Crippen LogP contribution in [0.2, 0.25) is 5.02 Å². The van der Waals surface area contributed by atoms with Gasteiger partial charge in [0.15, 0.2) is 0 Å². The second-order valence-electron chi connectivity index (χ2n) is 7.71. The van der Waals surface area contributed by atoms with Crippen molar-refractivity contribution in [2.24, 2.45) is 0 Å². The molecule has 0 aliphatic carbocycles. The van der Waals surface area contributed by atoms with E-state index < -0.39 is 6.04 Å². The van der Waals surface area contributed by atoms with Crippen molar-refractivity contribution >= 4 is 23.5 Å². The molecular weight excluding hydrogens is 430 g/mol. The molecule has 0 aromatic heterocycles. The van der Waals surface area contributed by atoms with E-state index in [9.17, 15) is 9.59 Å². The van der Waals surface area contributed by atoms with E-state index in [1.165, 1.54) is 7.11 Å². The molecule has 3 rings (SSSR count). The van der Waals surface area contributed by atoms with Gasteiger partial charge in [-0.2, -0.15) is 0 Å². The molecule has 1 heterocycles. The van der Waals surface area contributed by atoms with Gasteiger partial charge in [-0.3, -0.25) is 14.6 Å². The molecule has 8 heteroatoms. The number of ether oxygens (including phenoxy) is 2. The van der Waals surface area contributed by atoms with Crippen LogP contribution in [0.1, 0.15) is 17.2 Å². The number of amides is 1. The van der Waals surface area contributed by atoms with E-state index in [1.54, 1.807) is 13.2 Å². The highest BCUT2D eigenvalue weighted by atomic mass is 35.5. The van der Waals surface area contributed by atoms with E-state index in [1.807, 2.05) is 42.5 Å². The van der Waals surface area contributed by atoms with Crippen molar-refractivity contribution in [1.29, 1.82) is 0 Å². The van der Waals surface area contributed by atoms with E-state index >= 15 is 0 Å². The Hall–Kier alpha value is -2.61. The number of methoxy groups -OCH3 is 2. The molecule has 1 saturated heterocycles. The first-order valence-corrected chi connectivity index (χ1v) is 11.1. The maximum absolute atomic E-state index is 12.5. The van der Waals surface area contributed by atoms with Gasteiger partial charge in [0.25, 0.3) is 0 Å². The number of piperazine rings is 1. The minimum absolute atomic E-state index is 0.00239. The van der Waals surface area contributed by atoms with Crippen LogP contribution in [0.25, 0.3) is 0 Å². The molecule has 0 spiro atoms. The Morgan fingerprint density at radius 3 is 2.34 bits per heavy atom. The van der Waals surface area contributed by atoms with E-state index in [2.05, 4.69) is 15.1 Å². The Labute approximate surface area is 194 Å². The van der Waals surface area contributed by atoms with Crippen molar-refractivity contribution in [1.82, 2.24) is 15.1 Å². The van der Waals surface area contributed by atoms with Crippen molar-refractivity contribution in [3.8, 4) is 5.75 Å². The quantitative estimate of drug-likeness (QED) is 0.581. The summed E-state index contributed by atoms with van der Waals surface area (Å²) in [6, 6.07) is 14.6. The van der Waals surface area contributed by atoms with Crippen LogP contribution in [-0.2, 0) is 20.7 Å². The number of rotatable bonds is 9. The number of hydrogen-bond donors (Lipinski definition) is 1. The SMILES string of the molecule is COC(=O)C(c1ccccc1Cl)N1CCN(CC(=O)NCCc2ccc(OC)cc2)CC1. The molecular formula is C24H30ClN3O4. The van der Waals surface area contributed by atoms with Crippen molar-refractivity contribution < 1.29 is 19.1 Å². The largest absolute Gasteiger partial charge is 0.497 e. The molecule has 1 fully saturated rings. The van der Waals surface area contributed by atoms with Crippen LogP contribution in [0.5, 0.6) is 5.75 Å². The number of nitrogens with zero attached hydrogens (tertiary/aromatic N) is 2. The summed E-state index contributed by atoms with van der Waals surface area (Å²) in [6.07, 6.45) is 0.766. The van der Waals surface area contributed by atoms with Gasteiger partial charge in [0.05, 0.1) is 20.8 Å². The lowest BCUT2D eigenvalue weighted by atomic mass is 10.0. The third-order valence-corrected chi connectivity index (χ3v) is 6.00. The lowest BCUT2D eigenvalue weighted by molar-refractivity contribution is -0.148.